The molecule has 18 heavy (non-hydrogen) atoms. The quantitative estimate of drug-likeness (QED) is 0.872. The summed E-state index contributed by atoms with van der Waals surface area (Å²) in [5, 5.41) is 3.14. The SMILES string of the molecule is C=C(Nc1ccc(F)c(C)c1)c1cc(N)cn1C. The van der Waals surface area contributed by atoms with Gasteiger partial charge in [0.05, 0.1) is 17.1 Å². The fraction of sp³-hybridized carbons (Fsp3) is 0.143. The van der Waals surface area contributed by atoms with Crippen molar-refractivity contribution in [3.05, 3.63) is 54.1 Å². The Morgan fingerprint density at radius 3 is 2.67 bits per heavy atom. The van der Waals surface area contributed by atoms with Gasteiger partial charge in [-0.1, -0.05) is 6.58 Å². The number of aromatic nitrogens is 1. The van der Waals surface area contributed by atoms with Crippen molar-refractivity contribution in [1.82, 2.24) is 4.57 Å². The van der Waals surface area contributed by atoms with Crippen LogP contribution in [0.25, 0.3) is 5.70 Å². The first-order valence-electron chi connectivity index (χ1n) is 5.61. The molecule has 0 aliphatic rings. The molecular formula is C14H16FN3. The number of rotatable bonds is 3. The maximum Gasteiger partial charge on any atom is 0.126 e. The second-order valence-electron chi connectivity index (χ2n) is 4.34. The molecular weight excluding hydrogens is 229 g/mol. The van der Waals surface area contributed by atoms with E-state index in [-0.39, 0.29) is 5.82 Å². The fourth-order valence-electron chi connectivity index (χ4n) is 1.85. The van der Waals surface area contributed by atoms with Crippen molar-refractivity contribution < 1.29 is 4.39 Å². The van der Waals surface area contributed by atoms with Gasteiger partial charge in [-0.25, -0.2) is 4.39 Å². The molecule has 1 aromatic heterocycles. The molecule has 0 spiro atoms. The topological polar surface area (TPSA) is 43.0 Å². The van der Waals surface area contributed by atoms with E-state index in [1.165, 1.54) is 6.07 Å². The van der Waals surface area contributed by atoms with E-state index in [0.29, 0.717) is 11.3 Å². The molecule has 0 unspecified atom stereocenters. The van der Waals surface area contributed by atoms with Crippen LogP contribution in [0.2, 0.25) is 0 Å². The zero-order valence-corrected chi connectivity index (χ0v) is 10.5. The zero-order valence-electron chi connectivity index (χ0n) is 10.5. The summed E-state index contributed by atoms with van der Waals surface area (Å²) in [7, 11) is 1.90. The lowest BCUT2D eigenvalue weighted by atomic mass is 10.2. The van der Waals surface area contributed by atoms with Crippen LogP contribution in [0.4, 0.5) is 15.8 Å². The lowest BCUT2D eigenvalue weighted by Gasteiger charge is -2.11. The van der Waals surface area contributed by atoms with Gasteiger partial charge in [0.25, 0.3) is 0 Å². The predicted molar refractivity (Wildman–Crippen MR) is 73.6 cm³/mol. The van der Waals surface area contributed by atoms with Gasteiger partial charge in [-0.3, -0.25) is 0 Å². The highest BCUT2D eigenvalue weighted by Crippen LogP contribution is 2.21. The summed E-state index contributed by atoms with van der Waals surface area (Å²) in [6.45, 7) is 5.69. The normalized spacial score (nSPS) is 10.4. The van der Waals surface area contributed by atoms with Crippen molar-refractivity contribution in [2.24, 2.45) is 7.05 Å². The number of benzene rings is 1. The third kappa shape index (κ3) is 2.37. The van der Waals surface area contributed by atoms with E-state index in [9.17, 15) is 4.39 Å². The average Bonchev–Trinajstić information content (AvgIpc) is 2.63. The fourth-order valence-corrected chi connectivity index (χ4v) is 1.85. The van der Waals surface area contributed by atoms with Crippen LogP contribution in [-0.4, -0.2) is 4.57 Å². The van der Waals surface area contributed by atoms with E-state index in [4.69, 9.17) is 5.73 Å². The Morgan fingerprint density at radius 2 is 2.11 bits per heavy atom. The molecule has 1 heterocycles. The summed E-state index contributed by atoms with van der Waals surface area (Å²) in [5.74, 6) is -0.214. The van der Waals surface area contributed by atoms with Crippen LogP contribution in [0.15, 0.2) is 37.0 Å². The number of aryl methyl sites for hydroxylation is 2. The van der Waals surface area contributed by atoms with Crippen LogP contribution in [0.3, 0.4) is 0 Å². The van der Waals surface area contributed by atoms with E-state index in [1.807, 2.05) is 23.9 Å². The molecule has 1 aromatic carbocycles. The highest BCUT2D eigenvalue weighted by atomic mass is 19.1. The van der Waals surface area contributed by atoms with Crippen LogP contribution in [0.5, 0.6) is 0 Å². The van der Waals surface area contributed by atoms with Crippen molar-refractivity contribution in [2.45, 2.75) is 6.92 Å². The Hall–Kier alpha value is -2.23. The highest BCUT2D eigenvalue weighted by Gasteiger charge is 2.06. The first-order chi connectivity index (χ1) is 8.47. The molecule has 3 N–H and O–H groups in total. The molecule has 0 bridgehead atoms. The molecule has 0 radical (unpaired) electrons. The predicted octanol–water partition coefficient (Wildman–Crippen LogP) is 3.14. The summed E-state index contributed by atoms with van der Waals surface area (Å²) in [6, 6.07) is 6.70. The van der Waals surface area contributed by atoms with Crippen molar-refractivity contribution in [1.29, 1.82) is 0 Å². The minimum absolute atomic E-state index is 0.214. The molecule has 4 heteroatoms. The largest absolute Gasteiger partial charge is 0.397 e. The number of anilines is 2. The Morgan fingerprint density at radius 1 is 1.39 bits per heavy atom. The Kier molecular flexibility index (Phi) is 3.10. The van der Waals surface area contributed by atoms with E-state index < -0.39 is 0 Å². The molecule has 2 aromatic rings. The second-order valence-corrected chi connectivity index (χ2v) is 4.34. The van der Waals surface area contributed by atoms with Crippen LogP contribution in [0.1, 0.15) is 11.3 Å². The minimum atomic E-state index is -0.214. The van der Waals surface area contributed by atoms with Crippen molar-refractivity contribution in [2.75, 3.05) is 11.1 Å². The van der Waals surface area contributed by atoms with E-state index >= 15 is 0 Å². The second kappa shape index (κ2) is 4.56. The molecule has 0 atom stereocenters. The molecule has 0 fully saturated rings. The Labute approximate surface area is 106 Å². The molecule has 94 valence electrons. The molecule has 0 saturated heterocycles. The van der Waals surface area contributed by atoms with E-state index in [2.05, 4.69) is 11.9 Å². The smallest absolute Gasteiger partial charge is 0.126 e. The van der Waals surface area contributed by atoms with Gasteiger partial charge in [0.1, 0.15) is 5.82 Å². The Balaban J connectivity index is 2.21. The van der Waals surface area contributed by atoms with Crippen molar-refractivity contribution >= 4 is 17.1 Å². The molecule has 2 rings (SSSR count). The first kappa shape index (κ1) is 12.2. The van der Waals surface area contributed by atoms with Crippen LogP contribution in [0, 0.1) is 12.7 Å². The Bertz CT molecular complexity index is 599. The zero-order chi connectivity index (χ0) is 13.3. The number of nitrogens with two attached hydrogens (primary N) is 1. The van der Waals surface area contributed by atoms with E-state index in [0.717, 1.165) is 17.1 Å². The maximum absolute atomic E-state index is 13.2. The summed E-state index contributed by atoms with van der Waals surface area (Å²) in [5.41, 5.74) is 9.42. The van der Waals surface area contributed by atoms with Gasteiger partial charge in [-0.2, -0.15) is 0 Å². The lowest BCUT2D eigenvalue weighted by molar-refractivity contribution is 0.619. The molecule has 0 saturated carbocycles. The summed E-state index contributed by atoms with van der Waals surface area (Å²) < 4.78 is 15.0. The number of hydrogen-bond acceptors (Lipinski definition) is 2. The third-order valence-corrected chi connectivity index (χ3v) is 2.79. The van der Waals surface area contributed by atoms with Gasteiger partial charge >= 0.3 is 0 Å². The molecule has 0 aliphatic heterocycles. The summed E-state index contributed by atoms with van der Waals surface area (Å²) >= 11 is 0. The average molecular weight is 245 g/mol. The number of hydrogen-bond donors (Lipinski definition) is 2. The van der Waals surface area contributed by atoms with Gasteiger partial charge < -0.3 is 15.6 Å². The lowest BCUT2D eigenvalue weighted by Crippen LogP contribution is -2.02. The van der Waals surface area contributed by atoms with Gasteiger partial charge in [0.15, 0.2) is 0 Å². The van der Waals surface area contributed by atoms with Crippen LogP contribution < -0.4 is 11.1 Å². The number of nitrogens with one attached hydrogen (secondary N) is 1. The van der Waals surface area contributed by atoms with Gasteiger partial charge in [0.2, 0.25) is 0 Å². The molecule has 0 aliphatic carbocycles. The van der Waals surface area contributed by atoms with Crippen LogP contribution in [-0.2, 0) is 7.05 Å². The number of nitrogen functional groups attached to an aromatic ring is 1. The van der Waals surface area contributed by atoms with Gasteiger partial charge in [-0.05, 0) is 36.8 Å². The standard InChI is InChI=1S/C14H16FN3/c1-9-6-12(4-5-13(9)15)17-10(2)14-7-11(16)8-18(14)3/h4-8,17H,2,16H2,1,3H3. The monoisotopic (exact) mass is 245 g/mol. The number of nitrogens with zero attached hydrogens (tertiary/aromatic N) is 1. The maximum atomic E-state index is 13.2. The van der Waals surface area contributed by atoms with Crippen molar-refractivity contribution in [3.63, 3.8) is 0 Å². The molecule has 3 nitrogen and oxygen atoms in total. The minimum Gasteiger partial charge on any atom is -0.397 e. The first-order valence-corrected chi connectivity index (χ1v) is 5.61. The molecule has 0 amide bonds. The summed E-state index contributed by atoms with van der Waals surface area (Å²) in [4.78, 5) is 0. The summed E-state index contributed by atoms with van der Waals surface area (Å²) in [6.07, 6.45) is 1.82. The van der Waals surface area contributed by atoms with Crippen LogP contribution >= 0.6 is 0 Å². The number of halogens is 1. The van der Waals surface area contributed by atoms with Gasteiger partial charge in [0, 0.05) is 18.9 Å². The van der Waals surface area contributed by atoms with Crippen molar-refractivity contribution in [3.8, 4) is 0 Å². The van der Waals surface area contributed by atoms with Gasteiger partial charge in [-0.15, -0.1) is 0 Å². The third-order valence-electron chi connectivity index (χ3n) is 2.79. The van der Waals surface area contributed by atoms with E-state index in [1.54, 1.807) is 19.1 Å². The highest BCUT2D eigenvalue weighted by molar-refractivity contribution is 5.75.